The Labute approximate surface area is 244 Å². The molecule has 41 heavy (non-hydrogen) atoms. The molecule has 4 N–H and O–H groups in total. The maximum Gasteiger partial charge on any atom is 0.311 e. The van der Waals surface area contributed by atoms with Crippen molar-refractivity contribution in [1.82, 2.24) is 0 Å². The number of benzene rings is 3. The molecule has 0 aliphatic carbocycles. The monoisotopic (exact) mass is 560 g/mol. The van der Waals surface area contributed by atoms with Gasteiger partial charge in [-0.3, -0.25) is 4.79 Å². The van der Waals surface area contributed by atoms with Gasteiger partial charge in [-0.05, 0) is 106 Å². The second kappa shape index (κ2) is 17.7. The lowest BCUT2D eigenvalue weighted by molar-refractivity contribution is -0.134. The van der Waals surface area contributed by atoms with Gasteiger partial charge < -0.3 is 30.7 Å². The van der Waals surface area contributed by atoms with E-state index in [1.165, 1.54) is 5.69 Å². The van der Waals surface area contributed by atoms with Gasteiger partial charge in [-0.25, -0.2) is 0 Å². The van der Waals surface area contributed by atoms with Crippen molar-refractivity contribution in [2.24, 2.45) is 21.7 Å². The number of esters is 1. The fourth-order valence-electron chi connectivity index (χ4n) is 4.37. The van der Waals surface area contributed by atoms with Crippen molar-refractivity contribution in [2.45, 2.75) is 39.5 Å². The van der Waals surface area contributed by atoms with Crippen molar-refractivity contribution in [2.75, 3.05) is 55.7 Å². The molecule has 3 rings (SSSR count). The van der Waals surface area contributed by atoms with Crippen LogP contribution in [0.2, 0.25) is 0 Å². The summed E-state index contributed by atoms with van der Waals surface area (Å²) < 4.78 is 11.3. The first-order chi connectivity index (χ1) is 20.1. The molecule has 0 fully saturated rings. The predicted molar refractivity (Wildman–Crippen MR) is 167 cm³/mol. The highest BCUT2D eigenvalue weighted by Gasteiger charge is 2.08. The van der Waals surface area contributed by atoms with Crippen molar-refractivity contribution in [3.8, 4) is 11.5 Å². The highest BCUT2D eigenvalue weighted by atomic mass is 16.5. The number of hydrogen-bond acceptors (Lipinski definition) is 9. The van der Waals surface area contributed by atoms with Crippen LogP contribution < -0.4 is 30.7 Å². The normalized spacial score (nSPS) is 11.0. The predicted octanol–water partition coefficient (Wildman–Crippen LogP) is 6.22. The van der Waals surface area contributed by atoms with Gasteiger partial charge in [-0.2, -0.15) is 10.2 Å². The Hall–Kier alpha value is -3.95. The maximum absolute atomic E-state index is 12.2. The molecule has 0 aliphatic rings. The summed E-state index contributed by atoms with van der Waals surface area (Å²) in [5, 5.41) is 8.66. The third-order valence-corrected chi connectivity index (χ3v) is 6.62. The molecule has 0 bridgehead atoms. The summed E-state index contributed by atoms with van der Waals surface area (Å²) in [7, 11) is 0. The number of carbonyl (C=O) groups excluding carboxylic acids is 1. The molecule has 0 amide bonds. The summed E-state index contributed by atoms with van der Waals surface area (Å²) in [4.78, 5) is 16.6. The number of unbranched alkanes of at least 4 members (excludes halogenated alkanes) is 2. The summed E-state index contributed by atoms with van der Waals surface area (Å²) in [6.07, 6.45) is 2.84. The van der Waals surface area contributed by atoms with E-state index < -0.39 is 0 Å². The van der Waals surface area contributed by atoms with Gasteiger partial charge in [0.2, 0.25) is 0 Å². The van der Waals surface area contributed by atoms with Crippen LogP contribution in [0.15, 0.2) is 83.0 Å². The number of nitrogens with two attached hydrogens (primary N) is 2. The van der Waals surface area contributed by atoms with E-state index in [-0.39, 0.29) is 5.97 Å². The molecule has 0 radical (unpaired) electrons. The summed E-state index contributed by atoms with van der Waals surface area (Å²) in [5.41, 5.74) is 15.1. The number of carbonyl (C=O) groups is 1. The summed E-state index contributed by atoms with van der Waals surface area (Å²) in [6, 6.07) is 23.1. The Kier molecular flexibility index (Phi) is 13.6. The van der Waals surface area contributed by atoms with Crippen LogP contribution in [0.25, 0.3) is 0 Å². The van der Waals surface area contributed by atoms with Crippen LogP contribution in [0.4, 0.5) is 22.7 Å². The number of azo groups is 1. The average Bonchev–Trinajstić information content (AvgIpc) is 3.00. The van der Waals surface area contributed by atoms with Crippen molar-refractivity contribution >= 4 is 28.7 Å². The van der Waals surface area contributed by atoms with E-state index in [0.29, 0.717) is 31.9 Å². The summed E-state index contributed by atoms with van der Waals surface area (Å²) in [5.74, 6) is 1.09. The van der Waals surface area contributed by atoms with Crippen LogP contribution >= 0.6 is 0 Å². The smallest absolute Gasteiger partial charge is 0.311 e. The SMILES string of the molecule is CCN(CC)c1ccc(N=Nc2ccc(OCCCCCC(=O)Oc3ccc(N(CCN)CCN)cc3)cc2)cc1. The summed E-state index contributed by atoms with van der Waals surface area (Å²) in [6.45, 7) is 9.38. The van der Waals surface area contributed by atoms with E-state index in [1.54, 1.807) is 12.1 Å². The number of anilines is 2. The van der Waals surface area contributed by atoms with Crippen LogP contribution in [0.1, 0.15) is 39.5 Å². The quantitative estimate of drug-likeness (QED) is 0.0821. The third kappa shape index (κ3) is 10.9. The lowest BCUT2D eigenvalue weighted by Gasteiger charge is -2.23. The van der Waals surface area contributed by atoms with E-state index in [0.717, 1.165) is 68.3 Å². The minimum Gasteiger partial charge on any atom is -0.494 e. The van der Waals surface area contributed by atoms with Crippen molar-refractivity contribution in [3.05, 3.63) is 72.8 Å². The van der Waals surface area contributed by atoms with Gasteiger partial charge in [0.25, 0.3) is 0 Å². The van der Waals surface area contributed by atoms with Crippen LogP contribution in [0.5, 0.6) is 11.5 Å². The minimum atomic E-state index is -0.232. The van der Waals surface area contributed by atoms with Gasteiger partial charge in [0, 0.05) is 57.1 Å². The average molecular weight is 561 g/mol. The van der Waals surface area contributed by atoms with Gasteiger partial charge in [-0.15, -0.1) is 0 Å². The maximum atomic E-state index is 12.2. The highest BCUT2D eigenvalue weighted by Crippen LogP contribution is 2.24. The van der Waals surface area contributed by atoms with Crippen molar-refractivity contribution < 1.29 is 14.3 Å². The lowest BCUT2D eigenvalue weighted by Crippen LogP contribution is -2.33. The first kappa shape index (κ1) is 31.6. The largest absolute Gasteiger partial charge is 0.494 e. The Balaban J connectivity index is 1.31. The Morgan fingerprint density at radius 1 is 0.683 bits per heavy atom. The molecule has 3 aromatic carbocycles. The first-order valence-electron chi connectivity index (χ1n) is 14.5. The molecule has 0 saturated heterocycles. The molecule has 0 spiro atoms. The van der Waals surface area contributed by atoms with Crippen LogP contribution in [0, 0.1) is 0 Å². The van der Waals surface area contributed by atoms with Gasteiger partial charge in [0.15, 0.2) is 0 Å². The van der Waals surface area contributed by atoms with Gasteiger partial charge in [0.05, 0.1) is 18.0 Å². The van der Waals surface area contributed by atoms with Crippen LogP contribution in [-0.2, 0) is 4.79 Å². The molecule has 0 heterocycles. The van der Waals surface area contributed by atoms with Crippen LogP contribution in [-0.4, -0.2) is 51.8 Å². The standard InChI is InChI=1S/C32H44N6O3/c1-3-37(4-2)28-13-9-26(10-14-28)35-36-27-11-17-30(18-12-27)40-25-7-5-6-8-32(39)41-31-19-15-29(16-20-31)38(23-21-33)24-22-34/h9-20H,3-8,21-25,33-34H2,1-2H3. The Bertz CT molecular complexity index is 1170. The number of ether oxygens (including phenoxy) is 2. The summed E-state index contributed by atoms with van der Waals surface area (Å²) >= 11 is 0. The first-order valence-corrected chi connectivity index (χ1v) is 14.5. The van der Waals surface area contributed by atoms with E-state index in [4.69, 9.17) is 20.9 Å². The third-order valence-electron chi connectivity index (χ3n) is 6.62. The van der Waals surface area contributed by atoms with Crippen molar-refractivity contribution in [3.63, 3.8) is 0 Å². The van der Waals surface area contributed by atoms with E-state index in [2.05, 4.69) is 46.0 Å². The lowest BCUT2D eigenvalue weighted by atomic mass is 10.2. The Morgan fingerprint density at radius 3 is 1.76 bits per heavy atom. The highest BCUT2D eigenvalue weighted by molar-refractivity contribution is 5.72. The second-order valence-corrected chi connectivity index (χ2v) is 9.57. The molecule has 9 heteroatoms. The fraction of sp³-hybridized carbons (Fsp3) is 0.406. The van der Waals surface area contributed by atoms with E-state index in [9.17, 15) is 4.79 Å². The molecule has 220 valence electrons. The molecule has 0 aliphatic heterocycles. The van der Waals surface area contributed by atoms with Crippen LogP contribution in [0.3, 0.4) is 0 Å². The molecule has 3 aromatic rings. The molecule has 0 unspecified atom stereocenters. The Morgan fingerprint density at radius 2 is 1.20 bits per heavy atom. The molecular weight excluding hydrogens is 516 g/mol. The zero-order chi connectivity index (χ0) is 29.3. The molecule has 0 aromatic heterocycles. The number of hydrogen-bond donors (Lipinski definition) is 2. The topological polar surface area (TPSA) is 119 Å². The molecule has 0 atom stereocenters. The number of nitrogens with zero attached hydrogens (tertiary/aromatic N) is 4. The second-order valence-electron chi connectivity index (χ2n) is 9.57. The zero-order valence-electron chi connectivity index (χ0n) is 24.4. The van der Waals surface area contributed by atoms with E-state index in [1.807, 2.05) is 48.5 Å². The van der Waals surface area contributed by atoms with E-state index >= 15 is 0 Å². The molecule has 0 saturated carbocycles. The van der Waals surface area contributed by atoms with Gasteiger partial charge in [0.1, 0.15) is 11.5 Å². The zero-order valence-corrected chi connectivity index (χ0v) is 24.4. The van der Waals surface area contributed by atoms with Gasteiger partial charge in [-0.1, -0.05) is 0 Å². The van der Waals surface area contributed by atoms with Crippen molar-refractivity contribution in [1.29, 1.82) is 0 Å². The molecular formula is C32H44N6O3. The van der Waals surface area contributed by atoms with Gasteiger partial charge >= 0.3 is 5.97 Å². The fourth-order valence-corrected chi connectivity index (χ4v) is 4.37. The minimum absolute atomic E-state index is 0.232. The molecule has 9 nitrogen and oxygen atoms in total. The number of rotatable bonds is 18.